The molecule has 1 aliphatic heterocycles. The summed E-state index contributed by atoms with van der Waals surface area (Å²) in [5.74, 6) is -1.18. The second-order valence-electron chi connectivity index (χ2n) is 6.55. The van der Waals surface area contributed by atoms with Gasteiger partial charge in [-0.2, -0.15) is 0 Å². The molecule has 2 aromatic carbocycles. The minimum atomic E-state index is -3.76. The highest BCUT2D eigenvalue weighted by Crippen LogP contribution is 2.22. The molecule has 9 nitrogen and oxygen atoms in total. The average molecular weight is 418 g/mol. The Labute approximate surface area is 167 Å². The first-order valence-corrected chi connectivity index (χ1v) is 10.3. The number of esters is 1. The van der Waals surface area contributed by atoms with Crippen LogP contribution in [0.1, 0.15) is 22.3 Å². The van der Waals surface area contributed by atoms with E-state index in [1.165, 1.54) is 43.5 Å². The van der Waals surface area contributed by atoms with E-state index >= 15 is 0 Å². The molecule has 4 N–H and O–H groups in total. The molecule has 0 radical (unpaired) electrons. The molecule has 3 rings (SSSR count). The predicted octanol–water partition coefficient (Wildman–Crippen LogP) is -0.484. The summed E-state index contributed by atoms with van der Waals surface area (Å²) in [7, 11) is -2.49. The maximum atomic E-state index is 12.7. The van der Waals surface area contributed by atoms with Gasteiger partial charge in [0, 0.05) is 5.56 Å². The van der Waals surface area contributed by atoms with Gasteiger partial charge in [0.1, 0.15) is 6.54 Å². The molecule has 1 saturated heterocycles. The number of rotatable bonds is 6. The molecule has 10 heteroatoms. The van der Waals surface area contributed by atoms with E-state index in [1.54, 1.807) is 17.4 Å². The monoisotopic (exact) mass is 418 g/mol. The molecule has 29 heavy (non-hydrogen) atoms. The third-order valence-electron chi connectivity index (χ3n) is 4.62. The van der Waals surface area contributed by atoms with Crippen LogP contribution in [0.5, 0.6) is 0 Å². The number of benzene rings is 2. The second kappa shape index (κ2) is 8.11. The number of amides is 2. The van der Waals surface area contributed by atoms with E-state index in [2.05, 4.69) is 4.74 Å². The lowest BCUT2D eigenvalue weighted by atomic mass is 10.2. The number of anilines is 1. The second-order valence-corrected chi connectivity index (χ2v) is 8.11. The summed E-state index contributed by atoms with van der Waals surface area (Å²) in [5, 5.41) is 6.80. The molecule has 0 aromatic heterocycles. The maximum absolute atomic E-state index is 12.7. The zero-order valence-electron chi connectivity index (χ0n) is 15.6. The van der Waals surface area contributed by atoms with Crippen LogP contribution in [0, 0.1) is 0 Å². The van der Waals surface area contributed by atoms with Crippen molar-refractivity contribution < 1.29 is 32.9 Å². The topological polar surface area (TPSA) is 140 Å². The maximum Gasteiger partial charge on any atom is 0.337 e. The number of primary sulfonamides is 1. The van der Waals surface area contributed by atoms with Crippen molar-refractivity contribution >= 4 is 33.5 Å². The quantitative estimate of drug-likeness (QED) is 0.479. The van der Waals surface area contributed by atoms with Gasteiger partial charge >= 0.3 is 5.97 Å². The van der Waals surface area contributed by atoms with E-state index in [0.29, 0.717) is 17.8 Å². The predicted molar refractivity (Wildman–Crippen MR) is 102 cm³/mol. The lowest BCUT2D eigenvalue weighted by Gasteiger charge is -2.14. The van der Waals surface area contributed by atoms with Crippen molar-refractivity contribution in [3.05, 3.63) is 59.7 Å². The molecule has 0 bridgehead atoms. The molecule has 2 amide bonds. The van der Waals surface area contributed by atoms with Gasteiger partial charge in [0.25, 0.3) is 5.91 Å². The molecular formula is C19H20N3O6S+. The Morgan fingerprint density at radius 3 is 2.31 bits per heavy atom. The van der Waals surface area contributed by atoms with Crippen molar-refractivity contribution in [1.82, 2.24) is 0 Å². The van der Waals surface area contributed by atoms with Gasteiger partial charge in [-0.05, 0) is 36.4 Å². The van der Waals surface area contributed by atoms with E-state index in [4.69, 9.17) is 5.14 Å². The van der Waals surface area contributed by atoms with E-state index in [-0.39, 0.29) is 23.1 Å². The van der Waals surface area contributed by atoms with Gasteiger partial charge in [0.2, 0.25) is 15.9 Å². The Kier molecular flexibility index (Phi) is 5.78. The lowest BCUT2D eigenvalue weighted by Crippen LogP contribution is -2.90. The molecule has 2 aromatic rings. The Balaban J connectivity index is 1.66. The highest BCUT2D eigenvalue weighted by atomic mass is 32.2. The van der Waals surface area contributed by atoms with E-state index in [0.717, 1.165) is 10.5 Å². The van der Waals surface area contributed by atoms with Gasteiger partial charge in [0.05, 0.1) is 29.7 Å². The van der Waals surface area contributed by atoms with Gasteiger partial charge in [-0.25, -0.2) is 23.3 Å². The summed E-state index contributed by atoms with van der Waals surface area (Å²) in [6.07, 6.45) is 0.0485. The minimum Gasteiger partial charge on any atom is -0.465 e. The molecule has 0 saturated carbocycles. The Morgan fingerprint density at radius 1 is 1.14 bits per heavy atom. The number of hydrogen-bond acceptors (Lipinski definition) is 6. The first-order valence-electron chi connectivity index (χ1n) is 8.71. The average Bonchev–Trinajstić information content (AvgIpc) is 2.99. The fraction of sp³-hybridized carbons (Fsp3) is 0.211. The first-order chi connectivity index (χ1) is 13.7. The van der Waals surface area contributed by atoms with Crippen LogP contribution < -0.4 is 15.4 Å². The van der Waals surface area contributed by atoms with E-state index in [1.807, 2.05) is 0 Å². The van der Waals surface area contributed by atoms with Crippen LogP contribution in [0.4, 0.5) is 5.69 Å². The largest absolute Gasteiger partial charge is 0.465 e. The summed E-state index contributed by atoms with van der Waals surface area (Å²) >= 11 is 0. The number of carbonyl (C=O) groups excluding carboxylic acids is 3. The summed E-state index contributed by atoms with van der Waals surface area (Å²) in [4.78, 5) is 37.7. The number of nitrogens with zero attached hydrogens (tertiary/aromatic N) is 1. The summed E-state index contributed by atoms with van der Waals surface area (Å²) in [6.45, 7) is 0.393. The molecule has 152 valence electrons. The van der Waals surface area contributed by atoms with Crippen molar-refractivity contribution in [2.24, 2.45) is 5.14 Å². The standard InChI is InChI=1S/C19H19N3O6S/c1-28-19(25)13-4-6-14(7-5-13)22-17(23)10-16(18(22)24)21-11-12-2-8-15(9-3-12)29(20,26)27/h2-9,16,21H,10-11H2,1H3,(H2,20,26,27)/p+1/t16-/m0/s1. The number of nitrogens with two attached hydrogens (primary N) is 2. The zero-order chi connectivity index (χ0) is 21.2. The zero-order valence-corrected chi connectivity index (χ0v) is 16.4. The van der Waals surface area contributed by atoms with Crippen LogP contribution in [0.2, 0.25) is 0 Å². The van der Waals surface area contributed by atoms with Crippen molar-refractivity contribution in [1.29, 1.82) is 0 Å². The van der Waals surface area contributed by atoms with Crippen LogP contribution >= 0.6 is 0 Å². The molecule has 1 atom stereocenters. The molecule has 1 heterocycles. The van der Waals surface area contributed by atoms with Crippen LogP contribution in [0.25, 0.3) is 0 Å². The number of methoxy groups -OCH3 is 1. The highest BCUT2D eigenvalue weighted by molar-refractivity contribution is 7.89. The SMILES string of the molecule is COC(=O)c1ccc(N2C(=O)C[C@H]([NH2+]Cc3ccc(S(N)(=O)=O)cc3)C2=O)cc1. The summed E-state index contributed by atoms with van der Waals surface area (Å²) in [5.41, 5.74) is 1.50. The molecule has 0 unspecified atom stereocenters. The van der Waals surface area contributed by atoms with Gasteiger partial charge < -0.3 is 10.1 Å². The van der Waals surface area contributed by atoms with Gasteiger partial charge in [-0.3, -0.25) is 9.59 Å². The van der Waals surface area contributed by atoms with E-state index in [9.17, 15) is 22.8 Å². The fourth-order valence-corrected chi connectivity index (χ4v) is 3.58. The number of ether oxygens (including phenoxy) is 1. The Morgan fingerprint density at radius 2 is 1.76 bits per heavy atom. The van der Waals surface area contributed by atoms with Crippen molar-refractivity contribution in [2.45, 2.75) is 23.9 Å². The first kappa shape index (κ1) is 20.6. The Hall–Kier alpha value is -3.08. The number of quaternary nitrogens is 1. The third-order valence-corrected chi connectivity index (χ3v) is 5.55. The number of imide groups is 1. The third kappa shape index (κ3) is 4.50. The number of carbonyl (C=O) groups is 3. The minimum absolute atomic E-state index is 0.00921. The summed E-state index contributed by atoms with van der Waals surface area (Å²) < 4.78 is 27.2. The lowest BCUT2D eigenvalue weighted by molar-refractivity contribution is -0.690. The van der Waals surface area contributed by atoms with Crippen LogP contribution in [0.15, 0.2) is 53.4 Å². The van der Waals surface area contributed by atoms with Crippen LogP contribution in [0.3, 0.4) is 0 Å². The van der Waals surface area contributed by atoms with Gasteiger partial charge in [-0.1, -0.05) is 12.1 Å². The number of hydrogen-bond donors (Lipinski definition) is 2. The van der Waals surface area contributed by atoms with Crippen molar-refractivity contribution in [2.75, 3.05) is 12.0 Å². The molecule has 1 aliphatic rings. The Bertz CT molecular complexity index is 1050. The van der Waals surface area contributed by atoms with Crippen molar-refractivity contribution in [3.63, 3.8) is 0 Å². The molecule has 0 spiro atoms. The van der Waals surface area contributed by atoms with Crippen LogP contribution in [-0.2, 0) is 30.9 Å². The molecule has 0 aliphatic carbocycles. The van der Waals surface area contributed by atoms with Gasteiger partial charge in [0.15, 0.2) is 6.04 Å². The normalized spacial score (nSPS) is 16.9. The van der Waals surface area contributed by atoms with Gasteiger partial charge in [-0.15, -0.1) is 0 Å². The van der Waals surface area contributed by atoms with Crippen LogP contribution in [-0.4, -0.2) is 39.4 Å². The molecular weight excluding hydrogens is 398 g/mol. The number of sulfonamides is 1. The fourth-order valence-electron chi connectivity index (χ4n) is 3.07. The highest BCUT2D eigenvalue weighted by Gasteiger charge is 2.42. The molecule has 1 fully saturated rings. The van der Waals surface area contributed by atoms with Crippen molar-refractivity contribution in [3.8, 4) is 0 Å². The summed E-state index contributed by atoms with van der Waals surface area (Å²) in [6, 6.07) is 11.5. The van der Waals surface area contributed by atoms with E-state index < -0.39 is 22.0 Å². The smallest absolute Gasteiger partial charge is 0.337 e.